The fourth-order valence-electron chi connectivity index (χ4n) is 3.77. The minimum atomic E-state index is -4.36. The first-order valence-corrected chi connectivity index (χ1v) is 10.3. The molecule has 1 aromatic carbocycles. The van der Waals surface area contributed by atoms with E-state index in [2.05, 4.69) is 35.3 Å². The number of rotatable bonds is 5. The standard InChI is InChI=1S/C20H22F3N9/c1-30-6-8-31(9-7-30)19-28-17-13(10-20(21,22)23)11-25-32(17)18(29-19)24-12-16-26-14-4-2-3-5-15(14)27-16/h2-5,11H,6-10,12H2,1H3,(H,26,27)(H,24,28,29). The number of benzene rings is 1. The lowest BCUT2D eigenvalue weighted by Crippen LogP contribution is -2.45. The molecule has 4 heterocycles. The third kappa shape index (κ3) is 4.17. The number of nitrogens with zero attached hydrogens (tertiary/aromatic N) is 7. The van der Waals surface area contributed by atoms with Crippen molar-refractivity contribution in [3.63, 3.8) is 0 Å². The number of aromatic nitrogens is 6. The number of para-hydroxylation sites is 2. The fraction of sp³-hybridized carbons (Fsp3) is 0.400. The second-order valence-corrected chi connectivity index (χ2v) is 7.89. The molecular weight excluding hydrogens is 423 g/mol. The first-order valence-electron chi connectivity index (χ1n) is 10.3. The second-order valence-electron chi connectivity index (χ2n) is 7.89. The summed E-state index contributed by atoms with van der Waals surface area (Å²) in [7, 11) is 2.03. The number of H-pyrrole nitrogens is 1. The van der Waals surface area contributed by atoms with Crippen LogP contribution in [0.15, 0.2) is 30.5 Å². The lowest BCUT2D eigenvalue weighted by atomic mass is 10.2. The predicted molar refractivity (Wildman–Crippen MR) is 114 cm³/mol. The van der Waals surface area contributed by atoms with Crippen molar-refractivity contribution in [1.82, 2.24) is 34.4 Å². The first kappa shape index (κ1) is 20.5. The molecule has 0 amide bonds. The Bertz CT molecular complexity index is 1210. The van der Waals surface area contributed by atoms with Gasteiger partial charge in [0.05, 0.1) is 30.2 Å². The minimum Gasteiger partial charge on any atom is -0.347 e. The van der Waals surface area contributed by atoms with Crippen LogP contribution >= 0.6 is 0 Å². The van der Waals surface area contributed by atoms with Gasteiger partial charge in [-0.3, -0.25) is 0 Å². The Kier molecular flexibility index (Phi) is 5.08. The van der Waals surface area contributed by atoms with Crippen LogP contribution < -0.4 is 10.2 Å². The number of halogens is 3. The van der Waals surface area contributed by atoms with Crippen LogP contribution in [0.25, 0.3) is 16.7 Å². The van der Waals surface area contributed by atoms with Crippen molar-refractivity contribution < 1.29 is 13.2 Å². The van der Waals surface area contributed by atoms with E-state index >= 15 is 0 Å². The molecule has 0 saturated carbocycles. The maximum Gasteiger partial charge on any atom is 0.393 e. The summed E-state index contributed by atoms with van der Waals surface area (Å²) in [5, 5.41) is 7.29. The highest BCUT2D eigenvalue weighted by Gasteiger charge is 2.31. The van der Waals surface area contributed by atoms with Gasteiger partial charge < -0.3 is 20.1 Å². The molecule has 12 heteroatoms. The minimum absolute atomic E-state index is 0.0158. The Morgan fingerprint density at radius 2 is 1.84 bits per heavy atom. The van der Waals surface area contributed by atoms with E-state index in [0.29, 0.717) is 37.4 Å². The molecule has 1 aliphatic heterocycles. The second kappa shape index (κ2) is 7.93. The summed E-state index contributed by atoms with van der Waals surface area (Å²) in [6.07, 6.45) is -4.25. The SMILES string of the molecule is CN1CCN(c2nc(NCc3nc4ccccc4[nH]3)n3ncc(CC(F)(F)F)c3n2)CC1. The van der Waals surface area contributed by atoms with Crippen molar-refractivity contribution in [2.24, 2.45) is 0 Å². The number of piperazine rings is 1. The van der Waals surface area contributed by atoms with E-state index in [1.165, 1.54) is 10.7 Å². The molecule has 0 aliphatic carbocycles. The maximum atomic E-state index is 13.1. The topological polar surface area (TPSA) is 90.3 Å². The van der Waals surface area contributed by atoms with Gasteiger partial charge in [0.15, 0.2) is 5.65 Å². The molecule has 1 saturated heterocycles. The van der Waals surface area contributed by atoms with E-state index in [1.54, 1.807) is 0 Å². The van der Waals surface area contributed by atoms with E-state index in [9.17, 15) is 13.2 Å². The third-order valence-corrected chi connectivity index (χ3v) is 5.46. The molecule has 1 fully saturated rings. The Labute approximate surface area is 181 Å². The number of hydrogen-bond donors (Lipinski definition) is 2. The van der Waals surface area contributed by atoms with E-state index in [4.69, 9.17) is 0 Å². The van der Waals surface area contributed by atoms with Crippen LogP contribution in [0.3, 0.4) is 0 Å². The number of aromatic amines is 1. The zero-order chi connectivity index (χ0) is 22.3. The highest BCUT2D eigenvalue weighted by Crippen LogP contribution is 2.26. The fourth-order valence-corrected chi connectivity index (χ4v) is 3.77. The Morgan fingerprint density at radius 3 is 2.59 bits per heavy atom. The lowest BCUT2D eigenvalue weighted by Gasteiger charge is -2.32. The van der Waals surface area contributed by atoms with Gasteiger partial charge in [0.2, 0.25) is 11.9 Å². The van der Waals surface area contributed by atoms with Crippen molar-refractivity contribution in [1.29, 1.82) is 0 Å². The maximum absolute atomic E-state index is 13.1. The molecular formula is C20H22F3N9. The van der Waals surface area contributed by atoms with Crippen LogP contribution in [-0.2, 0) is 13.0 Å². The zero-order valence-corrected chi connectivity index (χ0v) is 17.4. The van der Waals surface area contributed by atoms with Gasteiger partial charge in [0.1, 0.15) is 5.82 Å². The van der Waals surface area contributed by atoms with E-state index in [0.717, 1.165) is 24.1 Å². The quantitative estimate of drug-likeness (QED) is 0.488. The average molecular weight is 445 g/mol. The van der Waals surface area contributed by atoms with Gasteiger partial charge >= 0.3 is 6.18 Å². The highest BCUT2D eigenvalue weighted by atomic mass is 19.4. The highest BCUT2D eigenvalue weighted by molar-refractivity contribution is 5.74. The van der Waals surface area contributed by atoms with Crippen LogP contribution in [0.1, 0.15) is 11.4 Å². The Hall–Kier alpha value is -3.41. The van der Waals surface area contributed by atoms with Crippen molar-refractivity contribution in [2.45, 2.75) is 19.1 Å². The summed E-state index contributed by atoms with van der Waals surface area (Å²) in [6.45, 7) is 3.34. The molecule has 168 valence electrons. The molecule has 2 N–H and O–H groups in total. The number of fused-ring (bicyclic) bond motifs is 2. The van der Waals surface area contributed by atoms with E-state index < -0.39 is 12.6 Å². The van der Waals surface area contributed by atoms with Gasteiger partial charge in [-0.2, -0.15) is 32.8 Å². The van der Waals surface area contributed by atoms with Crippen molar-refractivity contribution in [3.8, 4) is 0 Å². The third-order valence-electron chi connectivity index (χ3n) is 5.46. The van der Waals surface area contributed by atoms with E-state index in [-0.39, 0.29) is 11.2 Å². The number of hydrogen-bond acceptors (Lipinski definition) is 7. The average Bonchev–Trinajstić information content (AvgIpc) is 3.35. The summed E-state index contributed by atoms with van der Waals surface area (Å²) in [5.74, 6) is 1.39. The van der Waals surface area contributed by atoms with Crippen LogP contribution in [0.5, 0.6) is 0 Å². The van der Waals surface area contributed by atoms with Crippen LogP contribution in [-0.4, -0.2) is 73.9 Å². The molecule has 0 bridgehead atoms. The zero-order valence-electron chi connectivity index (χ0n) is 17.4. The Morgan fingerprint density at radius 1 is 1.06 bits per heavy atom. The normalized spacial score (nSPS) is 15.7. The summed E-state index contributed by atoms with van der Waals surface area (Å²) >= 11 is 0. The molecule has 32 heavy (non-hydrogen) atoms. The predicted octanol–water partition coefficient (Wildman–Crippen LogP) is 2.47. The van der Waals surface area contributed by atoms with Gasteiger partial charge in [-0.15, -0.1) is 0 Å². The molecule has 0 radical (unpaired) electrons. The largest absolute Gasteiger partial charge is 0.393 e. The van der Waals surface area contributed by atoms with Crippen molar-refractivity contribution in [2.75, 3.05) is 43.4 Å². The number of imidazole rings is 1. The van der Waals surface area contributed by atoms with Crippen LogP contribution in [0.2, 0.25) is 0 Å². The molecule has 4 aromatic rings. The summed E-state index contributed by atoms with van der Waals surface area (Å²) in [6, 6.07) is 7.65. The molecule has 3 aromatic heterocycles. The lowest BCUT2D eigenvalue weighted by molar-refractivity contribution is -0.127. The van der Waals surface area contributed by atoms with Gasteiger partial charge in [0, 0.05) is 31.7 Å². The number of likely N-dealkylation sites (N-methyl/N-ethyl adjacent to an activating group) is 1. The Balaban J connectivity index is 1.49. The van der Waals surface area contributed by atoms with E-state index in [1.807, 2.05) is 36.2 Å². The number of anilines is 2. The van der Waals surface area contributed by atoms with Crippen LogP contribution in [0, 0.1) is 0 Å². The molecule has 0 atom stereocenters. The van der Waals surface area contributed by atoms with Gasteiger partial charge in [-0.05, 0) is 19.2 Å². The first-order chi connectivity index (χ1) is 15.4. The summed E-state index contributed by atoms with van der Waals surface area (Å²) in [5.41, 5.74) is 1.91. The molecule has 9 nitrogen and oxygen atoms in total. The van der Waals surface area contributed by atoms with Gasteiger partial charge in [-0.25, -0.2) is 4.98 Å². The van der Waals surface area contributed by atoms with Crippen molar-refractivity contribution in [3.05, 3.63) is 41.9 Å². The van der Waals surface area contributed by atoms with Gasteiger partial charge in [-0.1, -0.05) is 12.1 Å². The molecule has 5 rings (SSSR count). The number of nitrogens with one attached hydrogen (secondary N) is 2. The number of alkyl halides is 3. The molecule has 0 spiro atoms. The van der Waals surface area contributed by atoms with Crippen LogP contribution in [0.4, 0.5) is 25.1 Å². The monoisotopic (exact) mass is 445 g/mol. The molecule has 1 aliphatic rings. The summed E-state index contributed by atoms with van der Waals surface area (Å²) < 4.78 is 40.6. The smallest absolute Gasteiger partial charge is 0.347 e. The van der Waals surface area contributed by atoms with Gasteiger partial charge in [0.25, 0.3) is 0 Å². The van der Waals surface area contributed by atoms with Crippen molar-refractivity contribution >= 4 is 28.6 Å². The molecule has 0 unspecified atom stereocenters. The summed E-state index contributed by atoms with van der Waals surface area (Å²) in [4.78, 5) is 21.0.